The average molecular weight is 279 g/mol. The van der Waals surface area contributed by atoms with E-state index >= 15 is 0 Å². The quantitative estimate of drug-likeness (QED) is 0.669. The number of non-ortho nitro benzene ring substituents is 1. The Morgan fingerprint density at radius 1 is 1.16 bits per heavy atom. The largest absolute Gasteiger partial charge is 0.381 e. The maximum absolute atomic E-state index is 10.6. The molecule has 0 fully saturated rings. The molecular weight excluding hydrogens is 270 g/mol. The molecule has 0 spiro atoms. The highest BCUT2D eigenvalue weighted by molar-refractivity contribution is 7.13. The minimum absolute atomic E-state index is 0.00120. The molecule has 8 heteroatoms. The van der Waals surface area contributed by atoms with E-state index in [-0.39, 0.29) is 10.7 Å². The van der Waals surface area contributed by atoms with Crippen LogP contribution in [0.25, 0.3) is 0 Å². The summed E-state index contributed by atoms with van der Waals surface area (Å²) in [6.45, 7) is 0.380. The van der Waals surface area contributed by atoms with Gasteiger partial charge in [-0.25, -0.2) is 0 Å². The molecule has 1 aromatic heterocycles. The van der Waals surface area contributed by atoms with Crippen molar-refractivity contribution in [2.45, 2.75) is 6.54 Å². The van der Waals surface area contributed by atoms with Crippen LogP contribution in [0.3, 0.4) is 0 Å². The fourth-order valence-electron chi connectivity index (χ4n) is 1.48. The Balaban J connectivity index is 2.03. The molecule has 0 aliphatic rings. The van der Waals surface area contributed by atoms with Crippen LogP contribution in [-0.2, 0) is 6.54 Å². The van der Waals surface area contributed by atoms with Crippen LogP contribution in [0.4, 0.5) is 16.4 Å². The number of thiophene rings is 1. The second-order valence-electron chi connectivity index (χ2n) is 3.71. The highest BCUT2D eigenvalue weighted by Gasteiger charge is 2.10. The predicted octanol–water partition coefficient (Wildman–Crippen LogP) is 3.18. The molecule has 0 atom stereocenters. The van der Waals surface area contributed by atoms with Crippen LogP contribution >= 0.6 is 11.3 Å². The minimum atomic E-state index is -0.472. The zero-order valence-electron chi connectivity index (χ0n) is 9.61. The van der Waals surface area contributed by atoms with Crippen molar-refractivity contribution in [1.29, 1.82) is 0 Å². The van der Waals surface area contributed by atoms with Gasteiger partial charge in [-0.1, -0.05) is 17.4 Å². The summed E-state index contributed by atoms with van der Waals surface area (Å²) >= 11 is 1.05. The number of anilines is 1. The van der Waals surface area contributed by atoms with E-state index in [4.69, 9.17) is 0 Å². The average Bonchev–Trinajstić information content (AvgIpc) is 2.85. The Hall–Kier alpha value is -2.48. The van der Waals surface area contributed by atoms with Crippen LogP contribution < -0.4 is 5.32 Å². The zero-order valence-corrected chi connectivity index (χ0v) is 10.4. The number of nitro benzene ring substituents is 1. The van der Waals surface area contributed by atoms with Gasteiger partial charge in [-0.15, -0.1) is 0 Å². The van der Waals surface area contributed by atoms with Crippen LogP contribution in [0.1, 0.15) is 5.56 Å². The normalized spacial score (nSPS) is 10.1. The number of rotatable bonds is 5. The zero-order chi connectivity index (χ0) is 13.8. The van der Waals surface area contributed by atoms with Crippen molar-refractivity contribution >= 4 is 27.7 Å². The first-order valence-corrected chi connectivity index (χ1v) is 6.14. The maximum Gasteiger partial charge on any atom is 0.324 e. The standard InChI is InChI=1S/C11H9N3O4S/c15-13(16)10-3-1-2-9(5-10)12-6-8-4-11(14(17)18)19-7-8/h1-5,7,12H,6H2. The maximum atomic E-state index is 10.6. The van der Waals surface area contributed by atoms with Gasteiger partial charge >= 0.3 is 5.00 Å². The molecule has 0 bridgehead atoms. The summed E-state index contributed by atoms with van der Waals surface area (Å²) in [5.74, 6) is 0. The van der Waals surface area contributed by atoms with Gasteiger partial charge in [-0.2, -0.15) is 0 Å². The van der Waals surface area contributed by atoms with E-state index in [0.29, 0.717) is 12.2 Å². The van der Waals surface area contributed by atoms with Crippen molar-refractivity contribution in [3.05, 3.63) is 61.5 Å². The lowest BCUT2D eigenvalue weighted by molar-refractivity contribution is -0.384. The highest BCUT2D eigenvalue weighted by Crippen LogP contribution is 2.24. The SMILES string of the molecule is O=[N+]([O-])c1cccc(NCc2csc([N+](=O)[O-])c2)c1. The molecule has 0 aliphatic heterocycles. The summed E-state index contributed by atoms with van der Waals surface area (Å²) < 4.78 is 0. The highest BCUT2D eigenvalue weighted by atomic mass is 32.1. The summed E-state index contributed by atoms with van der Waals surface area (Å²) in [5, 5.41) is 25.9. The first-order chi connectivity index (χ1) is 9.06. The molecule has 0 aliphatic carbocycles. The van der Waals surface area contributed by atoms with Crippen molar-refractivity contribution in [3.8, 4) is 0 Å². The molecule has 0 radical (unpaired) electrons. The molecule has 0 amide bonds. The lowest BCUT2D eigenvalue weighted by Crippen LogP contribution is -1.98. The second kappa shape index (κ2) is 5.44. The van der Waals surface area contributed by atoms with E-state index in [1.54, 1.807) is 17.5 Å². The fourth-order valence-corrected chi connectivity index (χ4v) is 2.21. The van der Waals surface area contributed by atoms with E-state index in [1.165, 1.54) is 18.2 Å². The third kappa shape index (κ3) is 3.26. The number of benzene rings is 1. The minimum Gasteiger partial charge on any atom is -0.381 e. The summed E-state index contributed by atoms with van der Waals surface area (Å²) in [6, 6.07) is 7.58. The van der Waals surface area contributed by atoms with Crippen LogP contribution in [0.2, 0.25) is 0 Å². The second-order valence-corrected chi connectivity index (χ2v) is 4.60. The lowest BCUT2D eigenvalue weighted by Gasteiger charge is -2.04. The third-order valence-electron chi connectivity index (χ3n) is 2.37. The summed E-state index contributed by atoms with van der Waals surface area (Å²) in [5.41, 5.74) is 1.37. The van der Waals surface area contributed by atoms with E-state index in [1.807, 2.05) is 0 Å². The van der Waals surface area contributed by atoms with Gasteiger partial charge < -0.3 is 5.32 Å². The van der Waals surface area contributed by atoms with Gasteiger partial charge in [-0.3, -0.25) is 20.2 Å². The van der Waals surface area contributed by atoms with Crippen molar-refractivity contribution in [2.24, 2.45) is 0 Å². The molecule has 1 heterocycles. The van der Waals surface area contributed by atoms with E-state index in [0.717, 1.165) is 16.9 Å². The number of nitro groups is 2. The Morgan fingerprint density at radius 2 is 1.95 bits per heavy atom. The van der Waals surface area contributed by atoms with Crippen molar-refractivity contribution in [3.63, 3.8) is 0 Å². The van der Waals surface area contributed by atoms with Crippen LogP contribution in [-0.4, -0.2) is 9.85 Å². The first-order valence-electron chi connectivity index (χ1n) is 5.26. The molecule has 0 saturated carbocycles. The molecule has 19 heavy (non-hydrogen) atoms. The Kier molecular flexibility index (Phi) is 3.71. The van der Waals surface area contributed by atoms with Gasteiger partial charge in [0.15, 0.2) is 0 Å². The third-order valence-corrected chi connectivity index (χ3v) is 3.30. The lowest BCUT2D eigenvalue weighted by atomic mass is 10.2. The van der Waals surface area contributed by atoms with Gasteiger partial charge in [0, 0.05) is 35.8 Å². The predicted molar refractivity (Wildman–Crippen MR) is 71.4 cm³/mol. The summed E-state index contributed by atoms with van der Waals surface area (Å²) in [4.78, 5) is 20.2. The molecule has 7 nitrogen and oxygen atoms in total. The number of nitrogens with one attached hydrogen (secondary N) is 1. The van der Waals surface area contributed by atoms with E-state index < -0.39 is 9.85 Å². The smallest absolute Gasteiger partial charge is 0.324 e. The fraction of sp³-hybridized carbons (Fsp3) is 0.0909. The molecule has 98 valence electrons. The molecule has 0 unspecified atom stereocenters. The number of nitrogens with zero attached hydrogens (tertiary/aromatic N) is 2. The van der Waals surface area contributed by atoms with Gasteiger partial charge in [0.25, 0.3) is 5.69 Å². The summed E-state index contributed by atoms with van der Waals surface area (Å²) in [7, 11) is 0. The molecular formula is C11H9N3O4S. The monoisotopic (exact) mass is 279 g/mol. The van der Waals surface area contributed by atoms with E-state index in [2.05, 4.69) is 5.32 Å². The van der Waals surface area contributed by atoms with Crippen molar-refractivity contribution in [2.75, 3.05) is 5.32 Å². The van der Waals surface area contributed by atoms with Gasteiger partial charge in [0.2, 0.25) is 0 Å². The van der Waals surface area contributed by atoms with Crippen LogP contribution in [0.15, 0.2) is 35.7 Å². The summed E-state index contributed by atoms with van der Waals surface area (Å²) in [6.07, 6.45) is 0. The van der Waals surface area contributed by atoms with Crippen LogP contribution in [0.5, 0.6) is 0 Å². The van der Waals surface area contributed by atoms with Gasteiger partial charge in [0.05, 0.1) is 9.85 Å². The first kappa shape index (κ1) is 13.0. The Labute approximate surface area is 111 Å². The number of hydrogen-bond donors (Lipinski definition) is 1. The van der Waals surface area contributed by atoms with Crippen LogP contribution in [0, 0.1) is 20.2 Å². The topological polar surface area (TPSA) is 98.3 Å². The van der Waals surface area contributed by atoms with Crippen molar-refractivity contribution in [1.82, 2.24) is 0 Å². The number of hydrogen-bond acceptors (Lipinski definition) is 6. The molecule has 0 saturated heterocycles. The van der Waals surface area contributed by atoms with E-state index in [9.17, 15) is 20.2 Å². The van der Waals surface area contributed by atoms with Gasteiger partial charge in [-0.05, 0) is 11.6 Å². The molecule has 2 rings (SSSR count). The molecule has 1 N–H and O–H groups in total. The van der Waals surface area contributed by atoms with Gasteiger partial charge in [0.1, 0.15) is 0 Å². The molecule has 1 aromatic carbocycles. The molecule has 2 aromatic rings. The van der Waals surface area contributed by atoms with Crippen molar-refractivity contribution < 1.29 is 9.85 Å². The Morgan fingerprint density at radius 3 is 2.58 bits per heavy atom. The Bertz CT molecular complexity index is 626.